The molecule has 4 nitrogen and oxygen atoms in total. The Morgan fingerprint density at radius 2 is 2.08 bits per heavy atom. The fourth-order valence-electron chi connectivity index (χ4n) is 4.20. The zero-order chi connectivity index (χ0) is 18.6. The number of benzene rings is 1. The number of esters is 1. The second-order valence-electron chi connectivity index (χ2n) is 6.74. The molecule has 3 rings (SSSR count). The Hall–Kier alpha value is -1.60. The molecule has 2 aliphatic rings. The van der Waals surface area contributed by atoms with E-state index >= 15 is 0 Å². The van der Waals surface area contributed by atoms with E-state index in [0.717, 1.165) is 7.11 Å². The van der Waals surface area contributed by atoms with Crippen molar-refractivity contribution in [3.63, 3.8) is 0 Å². The van der Waals surface area contributed by atoms with Gasteiger partial charge in [0, 0.05) is 22.4 Å². The molecule has 1 saturated carbocycles. The molecule has 136 valence electrons. The standard InChI is InChI=1S/C17H16ClF3O4/c1-25-14(23)9-5-6-15(7-12(9)22)8-16(24,17(19,20)21)13-10(15)3-2-4-11(13)18/h2-4,9,24H,5-8H2,1H3/t9?,15-,16?/m1/s1. The minimum atomic E-state index is -4.93. The number of ketones is 1. The highest BCUT2D eigenvalue weighted by atomic mass is 35.5. The summed E-state index contributed by atoms with van der Waals surface area (Å²) in [6.45, 7) is 0. The van der Waals surface area contributed by atoms with E-state index in [1.807, 2.05) is 0 Å². The average Bonchev–Trinajstić information content (AvgIpc) is 2.77. The van der Waals surface area contributed by atoms with Gasteiger partial charge in [-0.2, -0.15) is 13.2 Å². The number of rotatable bonds is 1. The van der Waals surface area contributed by atoms with Crippen LogP contribution in [0.3, 0.4) is 0 Å². The molecule has 2 unspecified atom stereocenters. The maximum atomic E-state index is 13.6. The van der Waals surface area contributed by atoms with Crippen LogP contribution in [-0.4, -0.2) is 30.1 Å². The predicted molar refractivity (Wildman–Crippen MR) is 82.1 cm³/mol. The lowest BCUT2D eigenvalue weighted by Gasteiger charge is -2.37. The summed E-state index contributed by atoms with van der Waals surface area (Å²) in [6.07, 6.45) is -5.64. The van der Waals surface area contributed by atoms with Gasteiger partial charge in [-0.15, -0.1) is 0 Å². The maximum Gasteiger partial charge on any atom is 0.421 e. The second-order valence-corrected chi connectivity index (χ2v) is 7.14. The highest BCUT2D eigenvalue weighted by molar-refractivity contribution is 6.31. The number of aliphatic hydroxyl groups is 1. The van der Waals surface area contributed by atoms with Gasteiger partial charge in [0.15, 0.2) is 5.60 Å². The Morgan fingerprint density at radius 3 is 2.64 bits per heavy atom. The summed E-state index contributed by atoms with van der Waals surface area (Å²) >= 11 is 5.98. The first-order valence-electron chi connectivity index (χ1n) is 7.75. The Labute approximate surface area is 146 Å². The number of hydrogen-bond donors (Lipinski definition) is 1. The number of Topliss-reactive ketones (excluding diaryl/α,β-unsaturated/α-hetero) is 1. The van der Waals surface area contributed by atoms with Gasteiger partial charge in [0.2, 0.25) is 0 Å². The van der Waals surface area contributed by atoms with Crippen LogP contribution in [0.15, 0.2) is 18.2 Å². The number of halogens is 4. The lowest BCUT2D eigenvalue weighted by Crippen LogP contribution is -2.45. The van der Waals surface area contributed by atoms with Crippen LogP contribution in [0.25, 0.3) is 0 Å². The lowest BCUT2D eigenvalue weighted by molar-refractivity contribution is -0.269. The van der Waals surface area contributed by atoms with Crippen molar-refractivity contribution in [3.8, 4) is 0 Å². The van der Waals surface area contributed by atoms with Gasteiger partial charge in [-0.05, 0) is 30.9 Å². The van der Waals surface area contributed by atoms with Crippen LogP contribution >= 0.6 is 11.6 Å². The van der Waals surface area contributed by atoms with Crippen molar-refractivity contribution >= 4 is 23.4 Å². The molecule has 0 aromatic heterocycles. The van der Waals surface area contributed by atoms with E-state index in [2.05, 4.69) is 4.74 Å². The number of fused-ring (bicyclic) bond motifs is 2. The van der Waals surface area contributed by atoms with Gasteiger partial charge >= 0.3 is 12.1 Å². The molecule has 0 bridgehead atoms. The van der Waals surface area contributed by atoms with E-state index in [4.69, 9.17) is 11.6 Å². The SMILES string of the molecule is COC(=O)C1CC[C@@]2(CC1=O)CC(O)(C(F)(F)F)c1c(Cl)cccc12. The molecule has 0 aliphatic heterocycles. The summed E-state index contributed by atoms with van der Waals surface area (Å²) < 4.78 is 45.5. The van der Waals surface area contributed by atoms with Crippen molar-refractivity contribution in [3.05, 3.63) is 34.3 Å². The maximum absolute atomic E-state index is 13.6. The molecule has 1 fully saturated rings. The number of carbonyl (C=O) groups is 2. The fraction of sp³-hybridized carbons (Fsp3) is 0.529. The van der Waals surface area contributed by atoms with E-state index in [9.17, 15) is 27.9 Å². The molecule has 0 amide bonds. The van der Waals surface area contributed by atoms with Crippen molar-refractivity contribution in [2.45, 2.75) is 42.9 Å². The van der Waals surface area contributed by atoms with E-state index in [1.54, 1.807) is 0 Å². The van der Waals surface area contributed by atoms with Gasteiger partial charge in [0.05, 0.1) is 7.11 Å². The van der Waals surface area contributed by atoms with Crippen LogP contribution in [0.1, 0.15) is 36.8 Å². The summed E-state index contributed by atoms with van der Waals surface area (Å²) in [5.74, 6) is -2.14. The highest BCUT2D eigenvalue weighted by Crippen LogP contribution is 2.61. The third-order valence-corrected chi connectivity index (χ3v) is 5.68. The molecule has 8 heteroatoms. The minimum absolute atomic E-state index is 0.0748. The Balaban J connectivity index is 2.08. The molecule has 0 radical (unpaired) electrons. The number of hydrogen-bond acceptors (Lipinski definition) is 4. The third kappa shape index (κ3) is 2.56. The molecule has 1 aromatic rings. The molecular weight excluding hydrogens is 361 g/mol. The highest BCUT2D eigenvalue weighted by Gasteiger charge is 2.66. The molecule has 1 spiro atoms. The van der Waals surface area contributed by atoms with Crippen molar-refractivity contribution in [1.29, 1.82) is 0 Å². The van der Waals surface area contributed by atoms with Crippen LogP contribution in [0.2, 0.25) is 5.02 Å². The largest absolute Gasteiger partial charge is 0.468 e. The molecule has 3 atom stereocenters. The van der Waals surface area contributed by atoms with Crippen molar-refractivity contribution in [1.82, 2.24) is 0 Å². The first-order valence-corrected chi connectivity index (χ1v) is 8.13. The van der Waals surface area contributed by atoms with Crippen LogP contribution in [0, 0.1) is 5.92 Å². The van der Waals surface area contributed by atoms with E-state index in [-0.39, 0.29) is 35.4 Å². The van der Waals surface area contributed by atoms with E-state index in [1.165, 1.54) is 18.2 Å². The van der Waals surface area contributed by atoms with Gasteiger partial charge in [0.25, 0.3) is 0 Å². The molecule has 1 N–H and O–H groups in total. The third-order valence-electron chi connectivity index (χ3n) is 5.36. The average molecular weight is 377 g/mol. The predicted octanol–water partition coefficient (Wildman–Crippen LogP) is 3.27. The molecule has 0 saturated heterocycles. The van der Waals surface area contributed by atoms with Gasteiger partial charge < -0.3 is 9.84 Å². The van der Waals surface area contributed by atoms with Crippen LogP contribution < -0.4 is 0 Å². The summed E-state index contributed by atoms with van der Waals surface area (Å²) in [4.78, 5) is 24.1. The zero-order valence-corrected chi connectivity index (χ0v) is 14.1. The minimum Gasteiger partial charge on any atom is -0.468 e. The zero-order valence-electron chi connectivity index (χ0n) is 13.3. The van der Waals surface area contributed by atoms with Crippen LogP contribution in [-0.2, 0) is 25.3 Å². The second kappa shape index (κ2) is 5.71. The Morgan fingerprint density at radius 1 is 1.40 bits per heavy atom. The molecule has 0 heterocycles. The van der Waals surface area contributed by atoms with Gasteiger partial charge in [-0.1, -0.05) is 23.7 Å². The van der Waals surface area contributed by atoms with E-state index in [0.29, 0.717) is 0 Å². The summed E-state index contributed by atoms with van der Waals surface area (Å²) in [7, 11) is 1.16. The first kappa shape index (κ1) is 18.2. The summed E-state index contributed by atoms with van der Waals surface area (Å²) in [6, 6.07) is 4.26. The van der Waals surface area contributed by atoms with E-state index < -0.39 is 41.3 Å². The van der Waals surface area contributed by atoms with Crippen molar-refractivity contribution in [2.24, 2.45) is 5.92 Å². The normalized spacial score (nSPS) is 31.9. The first-order chi connectivity index (χ1) is 11.6. The summed E-state index contributed by atoms with van der Waals surface area (Å²) in [5, 5.41) is 10.3. The topological polar surface area (TPSA) is 63.6 Å². The number of alkyl halides is 3. The quantitative estimate of drug-likeness (QED) is 0.603. The van der Waals surface area contributed by atoms with Crippen LogP contribution in [0.5, 0.6) is 0 Å². The van der Waals surface area contributed by atoms with Gasteiger partial charge in [-0.3, -0.25) is 9.59 Å². The number of carbonyl (C=O) groups excluding carboxylic acids is 2. The lowest BCUT2D eigenvalue weighted by atomic mass is 9.66. The number of methoxy groups -OCH3 is 1. The van der Waals surface area contributed by atoms with Crippen molar-refractivity contribution < 1.29 is 32.6 Å². The monoisotopic (exact) mass is 376 g/mol. The van der Waals surface area contributed by atoms with Gasteiger partial charge in [0.1, 0.15) is 11.7 Å². The fourth-order valence-corrected chi connectivity index (χ4v) is 4.53. The smallest absolute Gasteiger partial charge is 0.421 e. The Kier molecular flexibility index (Phi) is 4.15. The molecular formula is C17H16ClF3O4. The number of ether oxygens (including phenoxy) is 1. The molecule has 25 heavy (non-hydrogen) atoms. The van der Waals surface area contributed by atoms with Crippen LogP contribution in [0.4, 0.5) is 13.2 Å². The molecule has 1 aromatic carbocycles. The molecule has 2 aliphatic carbocycles. The summed E-state index contributed by atoms with van der Waals surface area (Å²) in [5.41, 5.74) is -4.45. The Bertz CT molecular complexity index is 748. The van der Waals surface area contributed by atoms with Gasteiger partial charge in [-0.25, -0.2) is 0 Å². The van der Waals surface area contributed by atoms with Crippen molar-refractivity contribution in [2.75, 3.05) is 7.11 Å².